The maximum absolute atomic E-state index is 11.6. The summed E-state index contributed by atoms with van der Waals surface area (Å²) in [5, 5.41) is 8.99. The van der Waals surface area contributed by atoms with E-state index in [0.717, 1.165) is 0 Å². The molecule has 0 fully saturated rings. The van der Waals surface area contributed by atoms with E-state index >= 15 is 0 Å². The molecule has 0 spiro atoms. The fraction of sp³-hybridized carbons (Fsp3) is 0.818. The second-order valence-corrected chi connectivity index (χ2v) is 4.66. The highest BCUT2D eigenvalue weighted by Crippen LogP contribution is 2.21. The van der Waals surface area contributed by atoms with Crippen LogP contribution in [-0.2, 0) is 19.1 Å². The molecule has 0 saturated carbocycles. The van der Waals surface area contributed by atoms with Crippen LogP contribution in [0.3, 0.4) is 0 Å². The lowest BCUT2D eigenvalue weighted by Gasteiger charge is -2.28. The topological polar surface area (TPSA) is 72.8 Å². The van der Waals surface area contributed by atoms with Crippen LogP contribution in [0.15, 0.2) is 0 Å². The Labute approximate surface area is 95.7 Å². The van der Waals surface area contributed by atoms with Gasteiger partial charge in [-0.15, -0.1) is 0 Å². The molecule has 0 aliphatic rings. The van der Waals surface area contributed by atoms with Crippen molar-refractivity contribution in [1.82, 2.24) is 0 Å². The highest BCUT2D eigenvalue weighted by molar-refractivity contribution is 5.84. The molecule has 0 aliphatic carbocycles. The van der Waals surface area contributed by atoms with Crippen LogP contribution in [0.2, 0.25) is 0 Å². The number of rotatable bonds is 5. The largest absolute Gasteiger partial charge is 0.463 e. The zero-order chi connectivity index (χ0) is 13.0. The molecule has 0 aliphatic heterocycles. The normalized spacial score (nSPS) is 12.1. The Kier molecular flexibility index (Phi) is 4.93. The molecule has 0 bridgehead atoms. The first-order valence-corrected chi connectivity index (χ1v) is 5.19. The molecule has 16 heavy (non-hydrogen) atoms. The van der Waals surface area contributed by atoms with Crippen LogP contribution in [0.4, 0.5) is 0 Å². The van der Waals surface area contributed by atoms with Crippen molar-refractivity contribution < 1.29 is 24.2 Å². The molecular weight excluding hydrogens is 212 g/mol. The van der Waals surface area contributed by atoms with Gasteiger partial charge in [-0.05, 0) is 34.6 Å². The van der Waals surface area contributed by atoms with E-state index in [0.29, 0.717) is 0 Å². The molecule has 0 radical (unpaired) electrons. The van der Waals surface area contributed by atoms with E-state index < -0.39 is 23.0 Å². The van der Waals surface area contributed by atoms with Gasteiger partial charge in [-0.25, -0.2) is 4.79 Å². The summed E-state index contributed by atoms with van der Waals surface area (Å²) in [5.41, 5.74) is -2.36. The molecule has 0 aromatic rings. The third kappa shape index (κ3) is 3.81. The van der Waals surface area contributed by atoms with Gasteiger partial charge in [0, 0.05) is 0 Å². The summed E-state index contributed by atoms with van der Waals surface area (Å²) >= 11 is 0. The number of carbonyl (C=O) groups is 2. The Morgan fingerprint density at radius 2 is 1.62 bits per heavy atom. The van der Waals surface area contributed by atoms with E-state index in [1.165, 1.54) is 27.7 Å². The first kappa shape index (κ1) is 14.9. The molecule has 94 valence electrons. The summed E-state index contributed by atoms with van der Waals surface area (Å²) in [6.07, 6.45) is 0. The zero-order valence-electron chi connectivity index (χ0n) is 10.5. The van der Waals surface area contributed by atoms with E-state index in [1.807, 2.05) is 0 Å². The van der Waals surface area contributed by atoms with Gasteiger partial charge in [0.15, 0.2) is 0 Å². The maximum atomic E-state index is 11.6. The predicted molar refractivity (Wildman–Crippen MR) is 57.7 cm³/mol. The lowest BCUT2D eigenvalue weighted by Crippen LogP contribution is -2.43. The highest BCUT2D eigenvalue weighted by Gasteiger charge is 2.38. The summed E-state index contributed by atoms with van der Waals surface area (Å²) in [5.74, 6) is -1.23. The molecule has 0 unspecified atom stereocenters. The molecular formula is C11H20O5. The zero-order valence-corrected chi connectivity index (χ0v) is 10.5. The maximum Gasteiger partial charge on any atom is 0.349 e. The van der Waals surface area contributed by atoms with Crippen molar-refractivity contribution in [3.05, 3.63) is 0 Å². The summed E-state index contributed by atoms with van der Waals surface area (Å²) in [7, 11) is 0. The smallest absolute Gasteiger partial charge is 0.349 e. The molecule has 0 aromatic heterocycles. The van der Waals surface area contributed by atoms with Crippen molar-refractivity contribution in [2.24, 2.45) is 5.41 Å². The van der Waals surface area contributed by atoms with Gasteiger partial charge in [-0.1, -0.05) is 0 Å². The summed E-state index contributed by atoms with van der Waals surface area (Å²) < 4.78 is 9.81. The molecule has 0 amide bonds. The predicted octanol–water partition coefficient (Wildman–Crippen LogP) is 0.890. The summed E-state index contributed by atoms with van der Waals surface area (Å²) in [6.45, 7) is 7.54. The van der Waals surface area contributed by atoms with E-state index in [1.54, 1.807) is 6.92 Å². The highest BCUT2D eigenvalue weighted by atomic mass is 16.6. The fourth-order valence-electron chi connectivity index (χ4n) is 0.781. The van der Waals surface area contributed by atoms with E-state index in [-0.39, 0.29) is 13.2 Å². The number of carbonyl (C=O) groups excluding carboxylic acids is 2. The van der Waals surface area contributed by atoms with Gasteiger partial charge in [-0.3, -0.25) is 4.79 Å². The minimum atomic E-state index is -1.33. The third-order valence-electron chi connectivity index (χ3n) is 2.06. The second-order valence-electron chi connectivity index (χ2n) is 4.66. The Bertz CT molecular complexity index is 268. The summed E-state index contributed by atoms with van der Waals surface area (Å²) in [4.78, 5) is 23.1. The third-order valence-corrected chi connectivity index (χ3v) is 2.06. The number of aliphatic hydroxyl groups excluding tert-OH is 1. The molecule has 0 rings (SSSR count). The minimum absolute atomic E-state index is 0.225. The fourth-order valence-corrected chi connectivity index (χ4v) is 0.781. The van der Waals surface area contributed by atoms with Crippen LogP contribution >= 0.6 is 0 Å². The lowest BCUT2D eigenvalue weighted by atomic mass is 9.95. The number of ether oxygens (including phenoxy) is 2. The Hall–Kier alpha value is -1.10. The quantitative estimate of drug-likeness (QED) is 0.713. The van der Waals surface area contributed by atoms with Crippen molar-refractivity contribution >= 4 is 11.9 Å². The molecule has 0 aromatic carbocycles. The van der Waals surface area contributed by atoms with Crippen LogP contribution in [0.5, 0.6) is 0 Å². The van der Waals surface area contributed by atoms with Gasteiger partial charge in [-0.2, -0.15) is 0 Å². The molecule has 0 atom stereocenters. The SMILES string of the molecule is CCOC(=O)C(C)(C)OC(=O)C(C)(C)CO. The number of hydrogen-bond donors (Lipinski definition) is 1. The van der Waals surface area contributed by atoms with Crippen molar-refractivity contribution in [3.8, 4) is 0 Å². The van der Waals surface area contributed by atoms with Crippen LogP contribution in [0, 0.1) is 5.41 Å². The first-order chi connectivity index (χ1) is 7.17. The van der Waals surface area contributed by atoms with E-state index in [2.05, 4.69) is 0 Å². The Morgan fingerprint density at radius 3 is 2.00 bits per heavy atom. The van der Waals surface area contributed by atoms with Crippen molar-refractivity contribution in [2.75, 3.05) is 13.2 Å². The molecule has 0 heterocycles. The standard InChI is InChI=1S/C11H20O5/c1-6-15-9(14)11(4,5)16-8(13)10(2,3)7-12/h12H,6-7H2,1-5H3. The van der Waals surface area contributed by atoms with Crippen LogP contribution in [0.25, 0.3) is 0 Å². The van der Waals surface area contributed by atoms with E-state index in [4.69, 9.17) is 14.6 Å². The average molecular weight is 232 g/mol. The van der Waals surface area contributed by atoms with Crippen LogP contribution in [0.1, 0.15) is 34.6 Å². The monoisotopic (exact) mass is 232 g/mol. The van der Waals surface area contributed by atoms with Gasteiger partial charge in [0.25, 0.3) is 0 Å². The van der Waals surface area contributed by atoms with Crippen molar-refractivity contribution in [1.29, 1.82) is 0 Å². The average Bonchev–Trinajstić information content (AvgIpc) is 2.17. The lowest BCUT2D eigenvalue weighted by molar-refractivity contribution is -0.185. The number of esters is 2. The van der Waals surface area contributed by atoms with Gasteiger partial charge in [0.1, 0.15) is 0 Å². The van der Waals surface area contributed by atoms with Gasteiger partial charge < -0.3 is 14.6 Å². The van der Waals surface area contributed by atoms with Gasteiger partial charge in [0.2, 0.25) is 5.60 Å². The van der Waals surface area contributed by atoms with Crippen molar-refractivity contribution in [2.45, 2.75) is 40.2 Å². The molecule has 5 heteroatoms. The summed E-state index contributed by atoms with van der Waals surface area (Å²) in [6, 6.07) is 0. The van der Waals surface area contributed by atoms with Gasteiger partial charge >= 0.3 is 11.9 Å². The Morgan fingerprint density at radius 1 is 1.12 bits per heavy atom. The van der Waals surface area contributed by atoms with Crippen molar-refractivity contribution in [3.63, 3.8) is 0 Å². The number of aliphatic hydroxyl groups is 1. The Balaban J connectivity index is 4.59. The van der Waals surface area contributed by atoms with Crippen LogP contribution in [-0.4, -0.2) is 35.9 Å². The molecule has 0 saturated heterocycles. The first-order valence-electron chi connectivity index (χ1n) is 5.19. The molecule has 5 nitrogen and oxygen atoms in total. The van der Waals surface area contributed by atoms with Crippen LogP contribution < -0.4 is 0 Å². The number of hydrogen-bond acceptors (Lipinski definition) is 5. The van der Waals surface area contributed by atoms with E-state index in [9.17, 15) is 9.59 Å². The minimum Gasteiger partial charge on any atom is -0.463 e. The second kappa shape index (κ2) is 5.30. The molecule has 1 N–H and O–H groups in total. The van der Waals surface area contributed by atoms with Gasteiger partial charge in [0.05, 0.1) is 18.6 Å².